The molecule has 49 heavy (non-hydrogen) atoms. The fourth-order valence-electron chi connectivity index (χ4n) is 8.27. The molecule has 0 spiro atoms. The van der Waals surface area contributed by atoms with E-state index in [1.165, 1.54) is 18.2 Å². The van der Waals surface area contributed by atoms with Gasteiger partial charge in [0.25, 0.3) is 0 Å². The zero-order chi connectivity index (χ0) is 34.0. The number of anilines is 2. The number of piperazine rings is 1. The van der Waals surface area contributed by atoms with Crippen LogP contribution in [0.4, 0.5) is 29.1 Å². The Bertz CT molecular complexity index is 2040. The number of nitrogens with one attached hydrogen (secondary N) is 1. The lowest BCUT2D eigenvalue weighted by molar-refractivity contribution is -0.159. The van der Waals surface area contributed by atoms with Gasteiger partial charge in [-0.15, -0.1) is 6.42 Å². The summed E-state index contributed by atoms with van der Waals surface area (Å²) < 4.78 is 69.6. The molecule has 0 radical (unpaired) electrons. The van der Waals surface area contributed by atoms with Crippen molar-refractivity contribution in [2.75, 3.05) is 43.4 Å². The zero-order valence-electron chi connectivity index (χ0n) is 26.4. The molecule has 3 saturated heterocycles. The maximum Gasteiger partial charge on any atom is 0.345 e. The van der Waals surface area contributed by atoms with E-state index in [2.05, 4.69) is 33.3 Å². The number of halogens is 4. The van der Waals surface area contributed by atoms with Gasteiger partial charge in [-0.1, -0.05) is 24.1 Å². The minimum atomic E-state index is -2.87. The molecule has 4 aromatic rings. The summed E-state index contributed by atoms with van der Waals surface area (Å²) in [6.45, 7) is -1.14. The van der Waals surface area contributed by atoms with Crippen LogP contribution in [0.15, 0.2) is 42.5 Å². The zero-order valence-corrected chi connectivity index (χ0v) is 26.4. The van der Waals surface area contributed by atoms with Crippen molar-refractivity contribution in [2.24, 2.45) is 0 Å². The minimum absolute atomic E-state index is 0.0182. The summed E-state index contributed by atoms with van der Waals surface area (Å²) in [5.41, 5.74) is 6.30. The second kappa shape index (κ2) is 12.1. The summed E-state index contributed by atoms with van der Waals surface area (Å²) >= 11 is 0. The quantitative estimate of drug-likeness (QED) is 0.106. The number of ether oxygens (including phenoxy) is 2. The van der Waals surface area contributed by atoms with Crippen molar-refractivity contribution in [3.05, 3.63) is 65.2 Å². The number of nitrogen functional groups attached to an aromatic ring is 1. The Labute approximate surface area is 279 Å². The number of benzene rings is 3. The molecule has 5 heterocycles. The molecule has 9 nitrogen and oxygen atoms in total. The lowest BCUT2D eigenvalue weighted by atomic mass is 9.90. The first-order chi connectivity index (χ1) is 23.7. The third-order valence-corrected chi connectivity index (χ3v) is 10.3. The first-order valence-electron chi connectivity index (χ1n) is 16.3. The Morgan fingerprint density at radius 3 is 2.65 bits per heavy atom. The van der Waals surface area contributed by atoms with E-state index >= 15 is 8.78 Å². The topological polar surface area (TPSA) is 109 Å². The molecule has 4 atom stereocenters. The van der Waals surface area contributed by atoms with Crippen molar-refractivity contribution in [3.63, 3.8) is 0 Å². The normalized spacial score (nSPS) is 24.8. The first-order valence-corrected chi connectivity index (χ1v) is 16.3. The molecule has 4 N–H and O–H groups in total. The van der Waals surface area contributed by atoms with Gasteiger partial charge in [0.2, 0.25) is 0 Å². The molecule has 0 aliphatic carbocycles. The van der Waals surface area contributed by atoms with E-state index < -0.39 is 36.5 Å². The number of hydrogen-bond acceptors (Lipinski definition) is 9. The average molecular weight is 675 g/mol. The Balaban J connectivity index is 1.28. The fourth-order valence-corrected chi connectivity index (χ4v) is 8.27. The number of terminal acetylenes is 1. The SMILES string of the molecule is C#Cc1c(F)ccc2cc(N)cc(-c3c(CO)cc4c(N5CC6C=CC(C5)N6)nc(OC[C@@]56CCCN5C[C@H](OC(F)F)C6)nc4c3F)c12. The number of nitrogens with two attached hydrogens (primary N) is 1. The smallest absolute Gasteiger partial charge is 0.345 e. The molecule has 254 valence electrons. The Morgan fingerprint density at radius 1 is 1.12 bits per heavy atom. The molecule has 0 saturated carbocycles. The monoisotopic (exact) mass is 674 g/mol. The molecular formula is C36H34F4N6O3. The highest BCUT2D eigenvalue weighted by atomic mass is 19.3. The van der Waals surface area contributed by atoms with E-state index in [9.17, 15) is 13.9 Å². The number of aliphatic hydroxyl groups excluding tert-OH is 1. The second-order valence-corrected chi connectivity index (χ2v) is 13.3. The number of hydrogen-bond donors (Lipinski definition) is 3. The lowest BCUT2D eigenvalue weighted by Gasteiger charge is -2.35. The number of alkyl halides is 2. The third-order valence-electron chi connectivity index (χ3n) is 10.3. The van der Waals surface area contributed by atoms with Gasteiger partial charge < -0.3 is 30.5 Å². The van der Waals surface area contributed by atoms with E-state index in [4.69, 9.17) is 26.6 Å². The maximum absolute atomic E-state index is 17.2. The Kier molecular flexibility index (Phi) is 7.87. The van der Waals surface area contributed by atoms with Gasteiger partial charge in [-0.25, -0.2) is 8.78 Å². The summed E-state index contributed by atoms with van der Waals surface area (Å²) in [7, 11) is 0. The fraction of sp³-hybridized carbons (Fsp3) is 0.389. The lowest BCUT2D eigenvalue weighted by Crippen LogP contribution is -2.52. The molecule has 0 amide bonds. The van der Waals surface area contributed by atoms with Gasteiger partial charge in [-0.05, 0) is 66.6 Å². The molecule has 2 unspecified atom stereocenters. The van der Waals surface area contributed by atoms with Crippen LogP contribution in [0.2, 0.25) is 0 Å². The highest BCUT2D eigenvalue weighted by molar-refractivity contribution is 6.05. The summed E-state index contributed by atoms with van der Waals surface area (Å²) in [4.78, 5) is 13.5. The minimum Gasteiger partial charge on any atom is -0.461 e. The van der Waals surface area contributed by atoms with Crippen LogP contribution in [-0.4, -0.2) is 83.1 Å². The summed E-state index contributed by atoms with van der Waals surface area (Å²) in [5, 5.41) is 15.3. The maximum atomic E-state index is 17.2. The molecular weight excluding hydrogens is 640 g/mol. The standard InChI is InChI=1S/C36H34F4N6O3/c1-2-25-28(37)7-4-19-10-21(41)12-26(29(19)25)30-20(17-47)11-27-32(31(30)38)43-35(44-33(27)45-14-22-5-6-23(15-45)42-22)48-18-36-8-3-9-46(36)16-24(13-36)49-34(39)40/h1,4-7,10-12,22-24,34,42,47H,3,8-9,13-18,41H2/t22?,23?,24-,36+/m1/s1. The van der Waals surface area contributed by atoms with Gasteiger partial charge in [0.1, 0.15) is 23.8 Å². The van der Waals surface area contributed by atoms with Gasteiger partial charge in [0.05, 0.1) is 23.8 Å². The van der Waals surface area contributed by atoms with Gasteiger partial charge in [-0.3, -0.25) is 4.90 Å². The van der Waals surface area contributed by atoms with Gasteiger partial charge in [0, 0.05) is 53.7 Å². The molecule has 3 aromatic carbocycles. The predicted molar refractivity (Wildman–Crippen MR) is 177 cm³/mol. The van der Waals surface area contributed by atoms with E-state index in [-0.39, 0.29) is 57.9 Å². The van der Waals surface area contributed by atoms with Crippen molar-refractivity contribution in [1.29, 1.82) is 0 Å². The van der Waals surface area contributed by atoms with E-state index in [1.54, 1.807) is 12.1 Å². The number of fused-ring (bicyclic) bond motifs is 5. The van der Waals surface area contributed by atoms with Gasteiger partial charge >= 0.3 is 12.6 Å². The van der Waals surface area contributed by atoms with Crippen LogP contribution in [0.1, 0.15) is 30.4 Å². The predicted octanol–water partition coefficient (Wildman–Crippen LogP) is 4.73. The largest absolute Gasteiger partial charge is 0.461 e. The van der Waals surface area contributed by atoms with Crippen LogP contribution < -0.4 is 20.7 Å². The number of nitrogens with zero attached hydrogens (tertiary/aromatic N) is 4. The number of aliphatic hydroxyl groups is 1. The van der Waals surface area contributed by atoms with E-state index in [0.29, 0.717) is 48.3 Å². The summed E-state index contributed by atoms with van der Waals surface area (Å²) in [6.07, 6.45) is 11.2. The second-order valence-electron chi connectivity index (χ2n) is 13.3. The molecule has 8 rings (SSSR count). The summed E-state index contributed by atoms with van der Waals surface area (Å²) in [5.74, 6) is 1.39. The van der Waals surface area contributed by atoms with Crippen molar-refractivity contribution in [2.45, 2.75) is 56.2 Å². The Hall–Kier alpha value is -4.48. The van der Waals surface area contributed by atoms with Gasteiger partial charge in [0.15, 0.2) is 5.82 Å². The highest BCUT2D eigenvalue weighted by Gasteiger charge is 2.50. The van der Waals surface area contributed by atoms with Crippen LogP contribution >= 0.6 is 0 Å². The van der Waals surface area contributed by atoms with Crippen molar-refractivity contribution >= 4 is 33.2 Å². The molecule has 3 fully saturated rings. The number of rotatable bonds is 8. The van der Waals surface area contributed by atoms with Crippen molar-refractivity contribution in [1.82, 2.24) is 20.2 Å². The molecule has 13 heteroatoms. The van der Waals surface area contributed by atoms with Crippen LogP contribution in [0.5, 0.6) is 6.01 Å². The van der Waals surface area contributed by atoms with Crippen LogP contribution in [0, 0.1) is 24.0 Å². The first kappa shape index (κ1) is 31.8. The number of aromatic nitrogens is 2. The highest BCUT2D eigenvalue weighted by Crippen LogP contribution is 2.43. The molecule has 1 aromatic heterocycles. The van der Waals surface area contributed by atoms with Crippen LogP contribution in [0.3, 0.4) is 0 Å². The molecule has 4 aliphatic rings. The van der Waals surface area contributed by atoms with Crippen molar-refractivity contribution in [3.8, 4) is 29.5 Å². The van der Waals surface area contributed by atoms with E-state index in [0.717, 1.165) is 19.4 Å². The van der Waals surface area contributed by atoms with Crippen molar-refractivity contribution < 1.29 is 32.1 Å². The molecule has 4 aliphatic heterocycles. The third kappa shape index (κ3) is 5.43. The van der Waals surface area contributed by atoms with Crippen LogP contribution in [0.25, 0.3) is 32.8 Å². The average Bonchev–Trinajstić information content (AvgIpc) is 3.73. The Morgan fingerprint density at radius 2 is 1.92 bits per heavy atom. The van der Waals surface area contributed by atoms with Crippen LogP contribution in [-0.2, 0) is 11.3 Å². The summed E-state index contributed by atoms with van der Waals surface area (Å²) in [6, 6.07) is 7.58. The van der Waals surface area contributed by atoms with Gasteiger partial charge in [-0.2, -0.15) is 18.7 Å². The van der Waals surface area contributed by atoms with E-state index in [1.807, 2.05) is 4.90 Å². The molecule has 2 bridgehead atoms.